The summed E-state index contributed by atoms with van der Waals surface area (Å²) < 4.78 is 15.3. The summed E-state index contributed by atoms with van der Waals surface area (Å²) >= 11 is 6.17. The van der Waals surface area contributed by atoms with Crippen molar-refractivity contribution in [3.8, 4) is 5.75 Å². The van der Waals surface area contributed by atoms with Gasteiger partial charge in [-0.25, -0.2) is 0 Å². The number of halogens is 1. The molecule has 1 aromatic carbocycles. The molecule has 1 heterocycles. The van der Waals surface area contributed by atoms with Crippen LogP contribution in [0.25, 0.3) is 0 Å². The molecule has 0 fully saturated rings. The van der Waals surface area contributed by atoms with Crippen molar-refractivity contribution in [1.29, 1.82) is 0 Å². The summed E-state index contributed by atoms with van der Waals surface area (Å²) in [4.78, 5) is 3.90. The highest BCUT2D eigenvalue weighted by Gasteiger charge is 2.09. The van der Waals surface area contributed by atoms with Gasteiger partial charge in [0.2, 0.25) is 12.2 Å². The summed E-state index contributed by atoms with van der Waals surface area (Å²) in [5.41, 5.74) is 0.970. The van der Waals surface area contributed by atoms with E-state index in [4.69, 9.17) is 21.1 Å². The van der Waals surface area contributed by atoms with Gasteiger partial charge < -0.3 is 19.3 Å². The summed E-state index contributed by atoms with van der Waals surface area (Å²) in [6.07, 6.45) is 1.26. The van der Waals surface area contributed by atoms with Gasteiger partial charge in [-0.3, -0.25) is 0 Å². The number of nitrogens with zero attached hydrogens (tertiary/aromatic N) is 2. The predicted molar refractivity (Wildman–Crippen MR) is 73.7 cm³/mol. The van der Waals surface area contributed by atoms with Crippen molar-refractivity contribution in [3.05, 3.63) is 41.0 Å². The molecule has 0 aliphatic rings. The van der Waals surface area contributed by atoms with Gasteiger partial charge in [-0.05, 0) is 6.07 Å². The van der Waals surface area contributed by atoms with Crippen molar-refractivity contribution < 1.29 is 14.0 Å². The van der Waals surface area contributed by atoms with E-state index in [0.29, 0.717) is 29.7 Å². The number of ether oxygens (including phenoxy) is 2. The molecule has 0 aliphatic carbocycles. The Morgan fingerprint density at radius 2 is 2.30 bits per heavy atom. The maximum atomic E-state index is 6.17. The van der Waals surface area contributed by atoms with E-state index in [2.05, 4.69) is 20.0 Å². The number of hydrogen-bond donors (Lipinski definition) is 1. The van der Waals surface area contributed by atoms with Gasteiger partial charge in [0.25, 0.3) is 0 Å². The number of para-hydroxylation sites is 1. The standard InChI is InChI=1S/C13H16ClN3O3/c1-18-6-5-15-7-10-3-2-4-11(14)13(10)19-8-12-16-9-20-17-12/h2-4,9,15H,5-8H2,1H3. The van der Waals surface area contributed by atoms with E-state index in [9.17, 15) is 0 Å². The van der Waals surface area contributed by atoms with E-state index < -0.39 is 0 Å². The lowest BCUT2D eigenvalue weighted by Crippen LogP contribution is -2.19. The van der Waals surface area contributed by atoms with Crippen molar-refractivity contribution in [1.82, 2.24) is 15.5 Å². The SMILES string of the molecule is COCCNCc1cccc(Cl)c1OCc1ncon1. The molecule has 2 rings (SSSR count). The highest BCUT2D eigenvalue weighted by atomic mass is 35.5. The van der Waals surface area contributed by atoms with Crippen LogP contribution in [0, 0.1) is 0 Å². The second-order valence-electron chi connectivity index (χ2n) is 4.03. The van der Waals surface area contributed by atoms with Crippen LogP contribution in [0.2, 0.25) is 5.02 Å². The van der Waals surface area contributed by atoms with Gasteiger partial charge in [0, 0.05) is 25.8 Å². The quantitative estimate of drug-likeness (QED) is 0.752. The monoisotopic (exact) mass is 297 g/mol. The van der Waals surface area contributed by atoms with E-state index in [1.807, 2.05) is 12.1 Å². The first-order valence-corrected chi connectivity index (χ1v) is 6.54. The molecular weight excluding hydrogens is 282 g/mol. The first-order chi connectivity index (χ1) is 9.81. The molecule has 0 saturated carbocycles. The van der Waals surface area contributed by atoms with Crippen LogP contribution in [0.15, 0.2) is 29.1 Å². The van der Waals surface area contributed by atoms with Gasteiger partial charge in [-0.15, -0.1) is 0 Å². The minimum absolute atomic E-state index is 0.214. The number of benzene rings is 1. The number of aromatic nitrogens is 2. The van der Waals surface area contributed by atoms with Crippen molar-refractivity contribution in [3.63, 3.8) is 0 Å². The Morgan fingerprint density at radius 1 is 1.40 bits per heavy atom. The van der Waals surface area contributed by atoms with Crippen LogP contribution in [0.1, 0.15) is 11.4 Å². The number of rotatable bonds is 8. The first-order valence-electron chi connectivity index (χ1n) is 6.16. The van der Waals surface area contributed by atoms with Gasteiger partial charge in [-0.2, -0.15) is 4.98 Å². The number of hydrogen-bond acceptors (Lipinski definition) is 6. The Labute approximate surface area is 122 Å². The fourth-order valence-corrected chi connectivity index (χ4v) is 1.89. The lowest BCUT2D eigenvalue weighted by molar-refractivity contribution is 0.199. The predicted octanol–water partition coefficient (Wildman–Crippen LogP) is 2.04. The molecule has 20 heavy (non-hydrogen) atoms. The Kier molecular flexibility index (Phi) is 5.79. The van der Waals surface area contributed by atoms with E-state index in [0.717, 1.165) is 12.1 Å². The molecule has 1 aromatic heterocycles. The zero-order valence-electron chi connectivity index (χ0n) is 11.1. The Morgan fingerprint density at radius 3 is 3.05 bits per heavy atom. The van der Waals surface area contributed by atoms with Gasteiger partial charge >= 0.3 is 0 Å². The molecule has 0 atom stereocenters. The smallest absolute Gasteiger partial charge is 0.213 e. The van der Waals surface area contributed by atoms with E-state index >= 15 is 0 Å². The summed E-state index contributed by atoms with van der Waals surface area (Å²) in [6, 6.07) is 5.62. The zero-order chi connectivity index (χ0) is 14.2. The van der Waals surface area contributed by atoms with Crippen LogP contribution in [0.3, 0.4) is 0 Å². The van der Waals surface area contributed by atoms with Crippen LogP contribution in [0.4, 0.5) is 0 Å². The van der Waals surface area contributed by atoms with Crippen LogP contribution in [-0.2, 0) is 17.9 Å². The van der Waals surface area contributed by atoms with E-state index in [1.54, 1.807) is 13.2 Å². The van der Waals surface area contributed by atoms with Gasteiger partial charge in [0.1, 0.15) is 5.75 Å². The van der Waals surface area contributed by atoms with E-state index in [-0.39, 0.29) is 6.61 Å². The summed E-state index contributed by atoms with van der Waals surface area (Å²) in [7, 11) is 1.67. The summed E-state index contributed by atoms with van der Waals surface area (Å²) in [5, 5.41) is 7.50. The lowest BCUT2D eigenvalue weighted by atomic mass is 10.2. The Balaban J connectivity index is 1.98. The molecular formula is C13H16ClN3O3. The largest absolute Gasteiger partial charge is 0.484 e. The molecule has 0 aliphatic heterocycles. The zero-order valence-corrected chi connectivity index (χ0v) is 11.9. The maximum absolute atomic E-state index is 6.17. The normalized spacial score (nSPS) is 10.7. The Bertz CT molecular complexity index is 520. The second kappa shape index (κ2) is 7.84. The van der Waals surface area contributed by atoms with Gasteiger partial charge in [0.05, 0.1) is 11.6 Å². The Hall–Kier alpha value is -1.63. The van der Waals surface area contributed by atoms with Gasteiger partial charge in [0.15, 0.2) is 6.61 Å². The first kappa shape index (κ1) is 14.8. The van der Waals surface area contributed by atoms with Crippen LogP contribution in [-0.4, -0.2) is 30.4 Å². The molecule has 1 N–H and O–H groups in total. The molecule has 6 nitrogen and oxygen atoms in total. The van der Waals surface area contributed by atoms with Crippen molar-refractivity contribution in [2.24, 2.45) is 0 Å². The van der Waals surface area contributed by atoms with Crippen molar-refractivity contribution >= 4 is 11.6 Å². The minimum atomic E-state index is 0.214. The lowest BCUT2D eigenvalue weighted by Gasteiger charge is -2.12. The second-order valence-corrected chi connectivity index (χ2v) is 4.44. The molecule has 7 heteroatoms. The molecule has 108 valence electrons. The summed E-state index contributed by atoms with van der Waals surface area (Å²) in [6.45, 7) is 2.27. The van der Waals surface area contributed by atoms with Crippen LogP contribution in [0.5, 0.6) is 5.75 Å². The summed E-state index contributed by atoms with van der Waals surface area (Å²) in [5.74, 6) is 1.10. The van der Waals surface area contributed by atoms with Crippen LogP contribution < -0.4 is 10.1 Å². The topological polar surface area (TPSA) is 69.4 Å². The fraction of sp³-hybridized carbons (Fsp3) is 0.385. The fourth-order valence-electron chi connectivity index (χ4n) is 1.64. The van der Waals surface area contributed by atoms with Crippen molar-refractivity contribution in [2.75, 3.05) is 20.3 Å². The molecule has 0 amide bonds. The van der Waals surface area contributed by atoms with Gasteiger partial charge in [-0.1, -0.05) is 28.9 Å². The average molecular weight is 298 g/mol. The third kappa shape index (κ3) is 4.19. The average Bonchev–Trinajstić information content (AvgIpc) is 2.96. The molecule has 0 unspecified atom stereocenters. The maximum Gasteiger partial charge on any atom is 0.213 e. The number of nitrogens with one attached hydrogen (secondary N) is 1. The van der Waals surface area contributed by atoms with E-state index in [1.165, 1.54) is 6.39 Å². The highest BCUT2D eigenvalue weighted by molar-refractivity contribution is 6.32. The number of methoxy groups -OCH3 is 1. The van der Waals surface area contributed by atoms with Crippen molar-refractivity contribution in [2.45, 2.75) is 13.2 Å². The molecule has 0 saturated heterocycles. The molecule has 2 aromatic rings. The molecule has 0 bridgehead atoms. The third-order valence-corrected chi connectivity index (χ3v) is 2.90. The minimum Gasteiger partial charge on any atom is -0.484 e. The highest BCUT2D eigenvalue weighted by Crippen LogP contribution is 2.29. The third-order valence-electron chi connectivity index (χ3n) is 2.60. The molecule has 0 spiro atoms. The van der Waals surface area contributed by atoms with Crippen LogP contribution >= 0.6 is 11.6 Å². The molecule has 0 radical (unpaired) electrons.